The lowest BCUT2D eigenvalue weighted by Crippen LogP contribution is -2.03. The van der Waals surface area contributed by atoms with Gasteiger partial charge < -0.3 is 15.3 Å². The zero-order valence-corrected chi connectivity index (χ0v) is 7.81. The molecule has 0 fully saturated rings. The SMILES string of the molecule is CC(=CO)C(=O)O.CC(C)C(=O)O. The van der Waals surface area contributed by atoms with Crippen molar-refractivity contribution in [3.63, 3.8) is 0 Å². The van der Waals surface area contributed by atoms with Gasteiger partial charge in [0, 0.05) is 0 Å². The lowest BCUT2D eigenvalue weighted by atomic mass is 10.2. The number of rotatable bonds is 2. The highest BCUT2D eigenvalue weighted by Gasteiger charge is 1.99. The van der Waals surface area contributed by atoms with E-state index in [0.29, 0.717) is 6.26 Å². The Labute approximate surface area is 76.3 Å². The molecule has 0 rings (SSSR count). The van der Waals surface area contributed by atoms with Crippen LogP contribution in [0.15, 0.2) is 11.8 Å². The first-order valence-electron chi connectivity index (χ1n) is 3.60. The third-order valence-electron chi connectivity index (χ3n) is 1.02. The van der Waals surface area contributed by atoms with E-state index in [1.165, 1.54) is 6.92 Å². The summed E-state index contributed by atoms with van der Waals surface area (Å²) < 4.78 is 0. The summed E-state index contributed by atoms with van der Waals surface area (Å²) in [5, 5.41) is 23.9. The van der Waals surface area contributed by atoms with E-state index in [2.05, 4.69) is 0 Å². The van der Waals surface area contributed by atoms with Crippen LogP contribution in [-0.4, -0.2) is 27.3 Å². The first kappa shape index (κ1) is 14.0. The van der Waals surface area contributed by atoms with Crippen molar-refractivity contribution >= 4 is 11.9 Å². The Balaban J connectivity index is 0. The Kier molecular flexibility index (Phi) is 7.71. The van der Waals surface area contributed by atoms with Crippen LogP contribution in [0.3, 0.4) is 0 Å². The smallest absolute Gasteiger partial charge is 0.334 e. The van der Waals surface area contributed by atoms with Gasteiger partial charge in [-0.05, 0) is 6.92 Å². The summed E-state index contributed by atoms with van der Waals surface area (Å²) in [6, 6.07) is 0. The highest BCUT2D eigenvalue weighted by atomic mass is 16.4. The summed E-state index contributed by atoms with van der Waals surface area (Å²) in [7, 11) is 0. The summed E-state index contributed by atoms with van der Waals surface area (Å²) in [4.78, 5) is 19.4. The molecular formula is C8H14O5. The number of hydrogen-bond donors (Lipinski definition) is 3. The van der Waals surface area contributed by atoms with Crippen LogP contribution in [0.25, 0.3) is 0 Å². The molecule has 0 saturated carbocycles. The number of aliphatic carboxylic acids is 2. The predicted octanol–water partition coefficient (Wildman–Crippen LogP) is 1.26. The Morgan fingerprint density at radius 2 is 1.54 bits per heavy atom. The van der Waals surface area contributed by atoms with Gasteiger partial charge in [0.05, 0.1) is 17.8 Å². The molecule has 0 saturated heterocycles. The average Bonchev–Trinajstić information content (AvgIpc) is 2.03. The van der Waals surface area contributed by atoms with Gasteiger partial charge in [-0.25, -0.2) is 4.79 Å². The minimum absolute atomic E-state index is 0.0556. The first-order chi connectivity index (χ1) is 5.82. The average molecular weight is 190 g/mol. The maximum absolute atomic E-state index is 9.70. The standard InChI is InChI=1S/C4H6O3.C4H8O2/c1-3(2-5)4(6)7;1-3(2)4(5)6/h2,5H,1H3,(H,6,7);3H,1-2H3,(H,5,6). The molecule has 0 aliphatic heterocycles. The number of carbonyl (C=O) groups is 2. The quantitative estimate of drug-likeness (QED) is 0.450. The molecule has 5 heteroatoms. The molecule has 5 nitrogen and oxygen atoms in total. The third kappa shape index (κ3) is 10.5. The minimum atomic E-state index is -1.09. The van der Waals surface area contributed by atoms with Crippen LogP contribution in [0, 0.1) is 5.92 Å². The van der Waals surface area contributed by atoms with Crippen LogP contribution >= 0.6 is 0 Å². The van der Waals surface area contributed by atoms with Crippen molar-refractivity contribution in [2.45, 2.75) is 20.8 Å². The van der Waals surface area contributed by atoms with E-state index < -0.39 is 11.9 Å². The molecular weight excluding hydrogens is 176 g/mol. The van der Waals surface area contributed by atoms with E-state index in [1.807, 2.05) is 0 Å². The maximum Gasteiger partial charge on any atom is 0.334 e. The van der Waals surface area contributed by atoms with Gasteiger partial charge >= 0.3 is 11.9 Å². The largest absolute Gasteiger partial charge is 0.515 e. The Morgan fingerprint density at radius 1 is 1.23 bits per heavy atom. The summed E-state index contributed by atoms with van der Waals surface area (Å²) in [6.07, 6.45) is 0.558. The summed E-state index contributed by atoms with van der Waals surface area (Å²) in [5.41, 5.74) is -0.0556. The van der Waals surface area contributed by atoms with E-state index in [1.54, 1.807) is 13.8 Å². The van der Waals surface area contributed by atoms with E-state index >= 15 is 0 Å². The molecule has 0 bridgehead atoms. The minimum Gasteiger partial charge on any atom is -0.515 e. The van der Waals surface area contributed by atoms with Crippen molar-refractivity contribution in [1.82, 2.24) is 0 Å². The van der Waals surface area contributed by atoms with E-state index in [0.717, 1.165) is 0 Å². The van der Waals surface area contributed by atoms with Gasteiger partial charge in [0.2, 0.25) is 0 Å². The molecule has 0 radical (unpaired) electrons. The molecule has 0 unspecified atom stereocenters. The van der Waals surface area contributed by atoms with Crippen molar-refractivity contribution in [2.24, 2.45) is 5.92 Å². The fourth-order valence-corrected chi connectivity index (χ4v) is 0.0552. The molecule has 0 aliphatic rings. The molecule has 76 valence electrons. The molecule has 0 spiro atoms. The number of aliphatic hydroxyl groups excluding tert-OH is 1. The fourth-order valence-electron chi connectivity index (χ4n) is 0.0552. The highest BCUT2D eigenvalue weighted by Crippen LogP contribution is 1.87. The fraction of sp³-hybridized carbons (Fsp3) is 0.500. The van der Waals surface area contributed by atoms with Gasteiger partial charge in [-0.2, -0.15) is 0 Å². The maximum atomic E-state index is 9.70. The molecule has 0 aromatic carbocycles. The molecule has 3 N–H and O–H groups in total. The Hall–Kier alpha value is -1.52. The monoisotopic (exact) mass is 190 g/mol. The van der Waals surface area contributed by atoms with E-state index in [4.69, 9.17) is 15.3 Å². The molecule has 0 heterocycles. The third-order valence-corrected chi connectivity index (χ3v) is 1.02. The number of carboxylic acid groups (broad SMARTS) is 2. The summed E-state index contributed by atoms with van der Waals surface area (Å²) >= 11 is 0. The van der Waals surface area contributed by atoms with E-state index in [-0.39, 0.29) is 11.5 Å². The van der Waals surface area contributed by atoms with Gasteiger partial charge in [-0.3, -0.25) is 4.79 Å². The van der Waals surface area contributed by atoms with E-state index in [9.17, 15) is 9.59 Å². The van der Waals surface area contributed by atoms with Crippen LogP contribution in [-0.2, 0) is 9.59 Å². The predicted molar refractivity (Wildman–Crippen MR) is 46.5 cm³/mol. The lowest BCUT2D eigenvalue weighted by molar-refractivity contribution is -0.140. The number of hydrogen-bond acceptors (Lipinski definition) is 3. The van der Waals surface area contributed by atoms with Crippen LogP contribution in [0.2, 0.25) is 0 Å². The van der Waals surface area contributed by atoms with Crippen LogP contribution in [0.1, 0.15) is 20.8 Å². The Bertz CT molecular complexity index is 205. The summed E-state index contributed by atoms with van der Waals surface area (Å²) in [5.74, 6) is -2.07. The second kappa shape index (κ2) is 7.15. The van der Waals surface area contributed by atoms with Crippen LogP contribution in [0.4, 0.5) is 0 Å². The second-order valence-corrected chi connectivity index (χ2v) is 2.61. The lowest BCUT2D eigenvalue weighted by Gasteiger charge is -1.89. The topological polar surface area (TPSA) is 94.8 Å². The van der Waals surface area contributed by atoms with Gasteiger partial charge in [-0.15, -0.1) is 0 Å². The van der Waals surface area contributed by atoms with Crippen molar-refractivity contribution < 1.29 is 24.9 Å². The zero-order valence-electron chi connectivity index (χ0n) is 7.81. The van der Waals surface area contributed by atoms with Crippen molar-refractivity contribution in [3.8, 4) is 0 Å². The molecule has 13 heavy (non-hydrogen) atoms. The highest BCUT2D eigenvalue weighted by molar-refractivity contribution is 5.85. The van der Waals surface area contributed by atoms with Gasteiger partial charge in [0.1, 0.15) is 0 Å². The molecule has 0 atom stereocenters. The van der Waals surface area contributed by atoms with Gasteiger partial charge in [0.25, 0.3) is 0 Å². The molecule has 0 amide bonds. The molecule has 0 aliphatic carbocycles. The molecule has 0 aromatic heterocycles. The van der Waals surface area contributed by atoms with Gasteiger partial charge in [-0.1, -0.05) is 13.8 Å². The summed E-state index contributed by atoms with van der Waals surface area (Å²) in [6.45, 7) is 4.59. The van der Waals surface area contributed by atoms with Crippen molar-refractivity contribution in [1.29, 1.82) is 0 Å². The zero-order chi connectivity index (χ0) is 11.0. The number of aliphatic hydroxyl groups is 1. The van der Waals surface area contributed by atoms with Gasteiger partial charge in [0.15, 0.2) is 0 Å². The second-order valence-electron chi connectivity index (χ2n) is 2.61. The van der Waals surface area contributed by atoms with Crippen LogP contribution < -0.4 is 0 Å². The first-order valence-corrected chi connectivity index (χ1v) is 3.60. The normalized spacial score (nSPS) is 10.3. The Morgan fingerprint density at radius 3 is 1.54 bits per heavy atom. The van der Waals surface area contributed by atoms with Crippen LogP contribution in [0.5, 0.6) is 0 Å². The number of carboxylic acids is 2. The van der Waals surface area contributed by atoms with Crippen molar-refractivity contribution in [2.75, 3.05) is 0 Å². The molecule has 0 aromatic rings. The van der Waals surface area contributed by atoms with Crippen molar-refractivity contribution in [3.05, 3.63) is 11.8 Å².